The van der Waals surface area contributed by atoms with Gasteiger partial charge in [0.2, 0.25) is 0 Å². The summed E-state index contributed by atoms with van der Waals surface area (Å²) in [6, 6.07) is 0. The van der Waals surface area contributed by atoms with E-state index < -0.39 is 0 Å². The smallest absolute Gasteiger partial charge is 0.0724 e. The molecule has 0 aromatic heterocycles. The molecular formula is C12H25NOS. The van der Waals surface area contributed by atoms with Crippen molar-refractivity contribution in [2.24, 2.45) is 5.92 Å². The molecule has 90 valence electrons. The summed E-state index contributed by atoms with van der Waals surface area (Å²) in [6.45, 7) is 5.91. The minimum absolute atomic E-state index is 0.448. The van der Waals surface area contributed by atoms with Gasteiger partial charge in [-0.05, 0) is 44.0 Å². The Labute approximate surface area is 99.8 Å². The van der Waals surface area contributed by atoms with E-state index in [1.807, 2.05) is 7.11 Å². The quantitative estimate of drug-likeness (QED) is 0.557. The van der Waals surface area contributed by atoms with Crippen molar-refractivity contribution in [3.05, 3.63) is 0 Å². The molecule has 1 saturated heterocycles. The van der Waals surface area contributed by atoms with Gasteiger partial charge in [0.15, 0.2) is 0 Å². The van der Waals surface area contributed by atoms with Gasteiger partial charge < -0.3 is 9.64 Å². The third-order valence-corrected chi connectivity index (χ3v) is 3.72. The number of piperidine rings is 1. The van der Waals surface area contributed by atoms with E-state index in [-0.39, 0.29) is 0 Å². The Morgan fingerprint density at radius 1 is 1.33 bits per heavy atom. The zero-order valence-corrected chi connectivity index (χ0v) is 11.0. The van der Waals surface area contributed by atoms with Crippen molar-refractivity contribution in [3.8, 4) is 0 Å². The highest BCUT2D eigenvalue weighted by atomic mass is 32.1. The SMILES string of the molecule is COC1CN(CCCCCS)CCC1C. The number of likely N-dealkylation sites (tertiary alicyclic amines) is 1. The van der Waals surface area contributed by atoms with Crippen LogP contribution in [-0.4, -0.2) is 43.5 Å². The molecule has 0 radical (unpaired) electrons. The molecule has 1 aliphatic heterocycles. The molecule has 2 unspecified atom stereocenters. The summed E-state index contributed by atoms with van der Waals surface area (Å²) in [5, 5.41) is 0. The van der Waals surface area contributed by atoms with Gasteiger partial charge in [-0.3, -0.25) is 0 Å². The Morgan fingerprint density at radius 3 is 2.80 bits per heavy atom. The molecule has 1 fully saturated rings. The normalized spacial score (nSPS) is 28.2. The van der Waals surface area contributed by atoms with Crippen molar-refractivity contribution in [3.63, 3.8) is 0 Å². The van der Waals surface area contributed by atoms with Crippen LogP contribution < -0.4 is 0 Å². The molecule has 2 atom stereocenters. The lowest BCUT2D eigenvalue weighted by atomic mass is 9.95. The lowest BCUT2D eigenvalue weighted by molar-refractivity contribution is -0.00522. The standard InChI is InChI=1S/C12H25NOS/c1-11-6-8-13(10-12(11)14-2)7-4-3-5-9-15/h11-12,15H,3-10H2,1-2H3. The number of hydrogen-bond acceptors (Lipinski definition) is 3. The molecule has 0 amide bonds. The van der Waals surface area contributed by atoms with E-state index in [2.05, 4.69) is 24.5 Å². The Morgan fingerprint density at radius 2 is 2.13 bits per heavy atom. The van der Waals surface area contributed by atoms with Gasteiger partial charge in [-0.2, -0.15) is 12.6 Å². The summed E-state index contributed by atoms with van der Waals surface area (Å²) < 4.78 is 5.51. The molecule has 0 aromatic rings. The molecule has 1 heterocycles. The van der Waals surface area contributed by atoms with Gasteiger partial charge in [0, 0.05) is 13.7 Å². The summed E-state index contributed by atoms with van der Waals surface area (Å²) in [6.07, 6.45) is 5.61. The Balaban J connectivity index is 2.14. The van der Waals surface area contributed by atoms with Gasteiger partial charge in [0.05, 0.1) is 6.10 Å². The number of thiol groups is 1. The molecule has 0 aromatic carbocycles. The number of hydrogen-bond donors (Lipinski definition) is 1. The fraction of sp³-hybridized carbons (Fsp3) is 1.00. The number of nitrogens with zero attached hydrogens (tertiary/aromatic N) is 1. The van der Waals surface area contributed by atoms with Crippen LogP contribution in [0.4, 0.5) is 0 Å². The summed E-state index contributed by atoms with van der Waals surface area (Å²) >= 11 is 4.23. The zero-order chi connectivity index (χ0) is 11.1. The van der Waals surface area contributed by atoms with Crippen molar-refractivity contribution in [1.82, 2.24) is 4.90 Å². The van der Waals surface area contributed by atoms with Crippen LogP contribution in [-0.2, 0) is 4.74 Å². The molecule has 0 spiro atoms. The van der Waals surface area contributed by atoms with E-state index in [0.29, 0.717) is 6.10 Å². The summed E-state index contributed by atoms with van der Waals surface area (Å²) in [5.41, 5.74) is 0. The van der Waals surface area contributed by atoms with Crippen LogP contribution in [0.5, 0.6) is 0 Å². The van der Waals surface area contributed by atoms with Crippen molar-refractivity contribution < 1.29 is 4.74 Å². The second-order valence-corrected chi connectivity index (χ2v) is 5.07. The molecule has 0 saturated carbocycles. The molecular weight excluding hydrogens is 206 g/mol. The van der Waals surface area contributed by atoms with Crippen LogP contribution in [0.2, 0.25) is 0 Å². The molecule has 2 nitrogen and oxygen atoms in total. The minimum atomic E-state index is 0.448. The molecule has 1 rings (SSSR count). The predicted octanol–water partition coefficient (Wildman–Crippen LogP) is 2.44. The highest BCUT2D eigenvalue weighted by Crippen LogP contribution is 2.19. The van der Waals surface area contributed by atoms with Gasteiger partial charge >= 0.3 is 0 Å². The molecule has 0 N–H and O–H groups in total. The minimum Gasteiger partial charge on any atom is -0.380 e. The predicted molar refractivity (Wildman–Crippen MR) is 68.7 cm³/mol. The average Bonchev–Trinajstić information content (AvgIpc) is 2.26. The lowest BCUT2D eigenvalue weighted by Crippen LogP contribution is -2.44. The first-order chi connectivity index (χ1) is 7.27. The first-order valence-corrected chi connectivity index (χ1v) is 6.77. The second-order valence-electron chi connectivity index (χ2n) is 4.62. The van der Waals surface area contributed by atoms with Crippen LogP contribution in [0, 0.1) is 5.92 Å². The third-order valence-electron chi connectivity index (χ3n) is 3.41. The zero-order valence-electron chi connectivity index (χ0n) is 10.1. The molecule has 0 bridgehead atoms. The topological polar surface area (TPSA) is 12.5 Å². The number of rotatable bonds is 6. The van der Waals surface area contributed by atoms with Gasteiger partial charge in [-0.1, -0.05) is 13.3 Å². The Kier molecular flexibility index (Phi) is 6.69. The molecule has 0 aliphatic carbocycles. The summed E-state index contributed by atoms with van der Waals surface area (Å²) in [4.78, 5) is 2.55. The Bertz CT molecular complexity index is 166. The van der Waals surface area contributed by atoms with Gasteiger partial charge in [-0.15, -0.1) is 0 Å². The monoisotopic (exact) mass is 231 g/mol. The van der Waals surface area contributed by atoms with Crippen LogP contribution >= 0.6 is 12.6 Å². The summed E-state index contributed by atoms with van der Waals surface area (Å²) in [7, 11) is 1.84. The van der Waals surface area contributed by atoms with Crippen LogP contribution in [0.3, 0.4) is 0 Å². The average molecular weight is 231 g/mol. The van der Waals surface area contributed by atoms with E-state index in [0.717, 1.165) is 18.2 Å². The fourth-order valence-corrected chi connectivity index (χ4v) is 2.46. The van der Waals surface area contributed by atoms with E-state index in [1.54, 1.807) is 0 Å². The van der Waals surface area contributed by atoms with Crippen molar-refractivity contribution in [1.29, 1.82) is 0 Å². The second kappa shape index (κ2) is 7.53. The van der Waals surface area contributed by atoms with Gasteiger partial charge in [0.1, 0.15) is 0 Å². The molecule has 1 aliphatic rings. The highest BCUT2D eigenvalue weighted by molar-refractivity contribution is 7.80. The Hall–Kier alpha value is 0.270. The van der Waals surface area contributed by atoms with Crippen LogP contribution in [0.1, 0.15) is 32.6 Å². The fourth-order valence-electron chi connectivity index (χ4n) is 2.23. The third kappa shape index (κ3) is 4.75. The molecule has 15 heavy (non-hydrogen) atoms. The van der Waals surface area contributed by atoms with Crippen LogP contribution in [0.15, 0.2) is 0 Å². The largest absolute Gasteiger partial charge is 0.380 e. The number of unbranched alkanes of at least 4 members (excludes halogenated alkanes) is 2. The van der Waals surface area contributed by atoms with Crippen molar-refractivity contribution in [2.75, 3.05) is 32.5 Å². The van der Waals surface area contributed by atoms with E-state index in [1.165, 1.54) is 38.8 Å². The van der Waals surface area contributed by atoms with Gasteiger partial charge in [0.25, 0.3) is 0 Å². The first kappa shape index (κ1) is 13.3. The highest BCUT2D eigenvalue weighted by Gasteiger charge is 2.25. The van der Waals surface area contributed by atoms with E-state index in [9.17, 15) is 0 Å². The lowest BCUT2D eigenvalue weighted by Gasteiger charge is -2.36. The van der Waals surface area contributed by atoms with Crippen molar-refractivity contribution >= 4 is 12.6 Å². The summed E-state index contributed by atoms with van der Waals surface area (Å²) in [5.74, 6) is 1.75. The van der Waals surface area contributed by atoms with Crippen LogP contribution in [0.25, 0.3) is 0 Å². The first-order valence-electron chi connectivity index (χ1n) is 6.14. The van der Waals surface area contributed by atoms with E-state index >= 15 is 0 Å². The maximum Gasteiger partial charge on any atom is 0.0724 e. The molecule has 3 heteroatoms. The van der Waals surface area contributed by atoms with E-state index in [4.69, 9.17) is 4.74 Å². The number of methoxy groups -OCH3 is 1. The maximum atomic E-state index is 5.51. The van der Waals surface area contributed by atoms with Gasteiger partial charge in [-0.25, -0.2) is 0 Å². The van der Waals surface area contributed by atoms with Crippen molar-refractivity contribution in [2.45, 2.75) is 38.7 Å². The maximum absolute atomic E-state index is 5.51. The number of ether oxygens (including phenoxy) is 1.